The predicted molar refractivity (Wildman–Crippen MR) is 95.9 cm³/mol. The van der Waals surface area contributed by atoms with Gasteiger partial charge < -0.3 is 4.74 Å². The third-order valence-electron chi connectivity index (χ3n) is 3.57. The molecular weight excluding hydrogens is 284 g/mol. The van der Waals surface area contributed by atoms with Gasteiger partial charge in [-0.05, 0) is 44.2 Å². The highest BCUT2D eigenvalue weighted by atomic mass is 16.5. The second kappa shape index (κ2) is 11.3. The van der Waals surface area contributed by atoms with Crippen LogP contribution in [0.4, 0.5) is 0 Å². The number of ether oxygens (including phenoxy) is 1. The molecule has 0 bridgehead atoms. The number of unbranched alkanes of at least 4 members (excludes halogenated alkanes) is 2. The molecule has 0 heterocycles. The van der Waals surface area contributed by atoms with E-state index in [2.05, 4.69) is 5.92 Å². The van der Waals surface area contributed by atoms with Crippen molar-refractivity contribution in [2.45, 2.75) is 52.1 Å². The first-order chi connectivity index (χ1) is 11.2. The van der Waals surface area contributed by atoms with Crippen LogP contribution in [0.1, 0.15) is 45.1 Å². The Kier molecular flexibility index (Phi) is 9.24. The van der Waals surface area contributed by atoms with E-state index < -0.39 is 0 Å². The number of esters is 1. The largest absolute Gasteiger partial charge is 0.457 e. The van der Waals surface area contributed by atoms with Gasteiger partial charge in [-0.2, -0.15) is 0 Å². The highest BCUT2D eigenvalue weighted by molar-refractivity contribution is 5.73. The van der Waals surface area contributed by atoms with Crippen LogP contribution in [0.15, 0.2) is 54.1 Å². The van der Waals surface area contributed by atoms with E-state index in [0.29, 0.717) is 6.42 Å². The zero-order valence-electron chi connectivity index (χ0n) is 14.1. The van der Waals surface area contributed by atoms with E-state index in [0.717, 1.165) is 36.8 Å². The highest BCUT2D eigenvalue weighted by Crippen LogP contribution is 2.18. The number of allylic oxidation sites excluding steroid dienone is 2. The normalized spacial score (nSPS) is 12.8. The predicted octanol–water partition coefficient (Wildman–Crippen LogP) is 4.86. The Hall–Kier alpha value is -2.27. The van der Waals surface area contributed by atoms with Crippen LogP contribution in [0.2, 0.25) is 0 Å². The molecule has 122 valence electrons. The second-order valence-electron chi connectivity index (χ2n) is 5.38. The molecule has 2 heteroatoms. The molecule has 0 amide bonds. The third kappa shape index (κ3) is 7.51. The third-order valence-corrected chi connectivity index (χ3v) is 3.57. The molecule has 0 saturated carbocycles. The van der Waals surface area contributed by atoms with Crippen molar-refractivity contribution in [3.8, 4) is 12.3 Å². The maximum atomic E-state index is 12.2. The molecule has 1 unspecified atom stereocenters. The average molecular weight is 310 g/mol. The number of carbonyl (C=O) groups is 1. The van der Waals surface area contributed by atoms with E-state index in [9.17, 15) is 4.79 Å². The minimum Gasteiger partial charge on any atom is -0.457 e. The topological polar surface area (TPSA) is 26.3 Å². The van der Waals surface area contributed by atoms with E-state index in [1.807, 2.05) is 62.4 Å². The van der Waals surface area contributed by atoms with Gasteiger partial charge in [-0.25, -0.2) is 0 Å². The van der Waals surface area contributed by atoms with Crippen LogP contribution in [-0.4, -0.2) is 12.1 Å². The van der Waals surface area contributed by atoms with Crippen molar-refractivity contribution in [2.75, 3.05) is 0 Å². The molecule has 1 aromatic carbocycles. The van der Waals surface area contributed by atoms with Gasteiger partial charge in [-0.1, -0.05) is 48.6 Å². The maximum absolute atomic E-state index is 12.2. The van der Waals surface area contributed by atoms with Crippen molar-refractivity contribution < 1.29 is 9.53 Å². The fraction of sp³-hybridized carbons (Fsp3) is 0.381. The first-order valence-corrected chi connectivity index (χ1v) is 8.17. The Balaban J connectivity index is 2.67. The van der Waals surface area contributed by atoms with Crippen LogP contribution in [0.3, 0.4) is 0 Å². The molecular formula is C21H26O2. The summed E-state index contributed by atoms with van der Waals surface area (Å²) >= 11 is 0. The monoisotopic (exact) mass is 310 g/mol. The molecule has 0 saturated heterocycles. The summed E-state index contributed by atoms with van der Waals surface area (Å²) in [6.07, 6.45) is 14.8. The smallest absolute Gasteiger partial charge is 0.310 e. The van der Waals surface area contributed by atoms with Crippen LogP contribution < -0.4 is 0 Å². The Labute approximate surface area is 140 Å². The van der Waals surface area contributed by atoms with E-state index in [1.54, 1.807) is 0 Å². The standard InChI is InChI=1S/C21H26O2/c1-4-7-8-12-16-20(19(6-3)13-5-2)23-21(22)17-18-14-10-9-11-15-18/h1,5-6,9-11,13-15,20H,7-8,12,16-17H2,2-3H3/b13-5-,19-6+. The zero-order chi connectivity index (χ0) is 16.9. The number of hydrogen-bond acceptors (Lipinski definition) is 2. The van der Waals surface area contributed by atoms with E-state index >= 15 is 0 Å². The molecule has 0 fully saturated rings. The summed E-state index contributed by atoms with van der Waals surface area (Å²) in [6, 6.07) is 9.67. The lowest BCUT2D eigenvalue weighted by Crippen LogP contribution is -2.21. The molecule has 0 aliphatic heterocycles. The summed E-state index contributed by atoms with van der Waals surface area (Å²) in [7, 11) is 0. The first kappa shape index (κ1) is 18.8. The van der Waals surface area contributed by atoms with Gasteiger partial charge in [-0.15, -0.1) is 12.3 Å². The average Bonchev–Trinajstić information content (AvgIpc) is 2.56. The molecule has 1 aromatic rings. The van der Waals surface area contributed by atoms with Crippen molar-refractivity contribution in [3.63, 3.8) is 0 Å². The lowest BCUT2D eigenvalue weighted by Gasteiger charge is -2.19. The van der Waals surface area contributed by atoms with E-state index in [-0.39, 0.29) is 12.1 Å². The van der Waals surface area contributed by atoms with Gasteiger partial charge in [-0.3, -0.25) is 4.79 Å². The first-order valence-electron chi connectivity index (χ1n) is 8.17. The minimum absolute atomic E-state index is 0.193. The van der Waals surface area contributed by atoms with Crippen molar-refractivity contribution in [1.82, 2.24) is 0 Å². The van der Waals surface area contributed by atoms with Crippen LogP contribution in [0.25, 0.3) is 0 Å². The van der Waals surface area contributed by atoms with Crippen LogP contribution in [0, 0.1) is 12.3 Å². The molecule has 0 aliphatic rings. The zero-order valence-corrected chi connectivity index (χ0v) is 14.1. The lowest BCUT2D eigenvalue weighted by atomic mass is 10.0. The Morgan fingerprint density at radius 1 is 1.26 bits per heavy atom. The minimum atomic E-state index is -0.204. The van der Waals surface area contributed by atoms with E-state index in [4.69, 9.17) is 11.2 Å². The molecule has 0 aliphatic carbocycles. The SMILES string of the molecule is C#CCCCCC(OC(=O)Cc1ccccc1)C(/C=C\C)=C/C. The molecule has 0 radical (unpaired) electrons. The summed E-state index contributed by atoms with van der Waals surface area (Å²) in [5, 5.41) is 0. The molecule has 0 aromatic heterocycles. The van der Waals surface area contributed by atoms with Crippen molar-refractivity contribution in [1.29, 1.82) is 0 Å². The number of rotatable bonds is 9. The van der Waals surface area contributed by atoms with Crippen LogP contribution in [0.5, 0.6) is 0 Å². The number of carbonyl (C=O) groups excluding carboxylic acids is 1. The summed E-state index contributed by atoms with van der Waals surface area (Å²) in [5.74, 6) is 2.45. The number of hydrogen-bond donors (Lipinski definition) is 0. The van der Waals surface area contributed by atoms with E-state index in [1.165, 1.54) is 0 Å². The molecule has 0 spiro atoms. The molecule has 1 rings (SSSR count). The fourth-order valence-electron chi connectivity index (χ4n) is 2.40. The van der Waals surface area contributed by atoms with Gasteiger partial charge >= 0.3 is 5.97 Å². The van der Waals surface area contributed by atoms with Crippen molar-refractivity contribution in [3.05, 3.63) is 59.7 Å². The Morgan fingerprint density at radius 3 is 2.61 bits per heavy atom. The van der Waals surface area contributed by atoms with Gasteiger partial charge in [0.2, 0.25) is 0 Å². The van der Waals surface area contributed by atoms with Gasteiger partial charge in [0.05, 0.1) is 6.42 Å². The van der Waals surface area contributed by atoms with Crippen molar-refractivity contribution in [2.24, 2.45) is 0 Å². The van der Waals surface area contributed by atoms with Gasteiger partial charge in [0.15, 0.2) is 0 Å². The molecule has 0 N–H and O–H groups in total. The summed E-state index contributed by atoms with van der Waals surface area (Å²) in [5.41, 5.74) is 2.01. The number of benzene rings is 1. The van der Waals surface area contributed by atoms with Gasteiger partial charge in [0.25, 0.3) is 0 Å². The Morgan fingerprint density at radius 2 is 2.00 bits per heavy atom. The maximum Gasteiger partial charge on any atom is 0.310 e. The quantitative estimate of drug-likeness (QED) is 0.282. The van der Waals surface area contributed by atoms with Gasteiger partial charge in [0, 0.05) is 6.42 Å². The van der Waals surface area contributed by atoms with Crippen molar-refractivity contribution >= 4 is 5.97 Å². The molecule has 1 atom stereocenters. The molecule has 23 heavy (non-hydrogen) atoms. The summed E-state index contributed by atoms with van der Waals surface area (Å²) in [4.78, 5) is 12.2. The fourth-order valence-corrected chi connectivity index (χ4v) is 2.40. The lowest BCUT2D eigenvalue weighted by molar-refractivity contribution is -0.146. The van der Waals surface area contributed by atoms with Crippen LogP contribution in [-0.2, 0) is 16.0 Å². The highest BCUT2D eigenvalue weighted by Gasteiger charge is 2.17. The summed E-state index contributed by atoms with van der Waals surface area (Å²) in [6.45, 7) is 3.93. The second-order valence-corrected chi connectivity index (χ2v) is 5.38. The van der Waals surface area contributed by atoms with Crippen LogP contribution >= 0.6 is 0 Å². The molecule has 2 nitrogen and oxygen atoms in total. The number of terminal acetylenes is 1. The van der Waals surface area contributed by atoms with Gasteiger partial charge in [0.1, 0.15) is 6.10 Å². The Bertz CT molecular complexity index is 561. The summed E-state index contributed by atoms with van der Waals surface area (Å²) < 4.78 is 5.73.